The Kier molecular flexibility index (Phi) is 4.54. The Hall–Kier alpha value is -2.71. The molecule has 0 atom stereocenters. The summed E-state index contributed by atoms with van der Waals surface area (Å²) in [7, 11) is 0. The van der Waals surface area contributed by atoms with E-state index < -0.39 is 17.8 Å². The summed E-state index contributed by atoms with van der Waals surface area (Å²) >= 11 is 0. The Labute approximate surface area is 123 Å². The Bertz CT molecular complexity index is 678. The third kappa shape index (κ3) is 4.14. The molecule has 1 amide bonds. The smallest absolute Gasteiger partial charge is 0.271 e. The summed E-state index contributed by atoms with van der Waals surface area (Å²) in [6.45, 7) is 1.31. The van der Waals surface area contributed by atoms with E-state index in [4.69, 9.17) is 0 Å². The minimum absolute atomic E-state index is 0.361. The highest BCUT2D eigenvalue weighted by Crippen LogP contribution is 2.27. The molecule has 2 heterocycles. The summed E-state index contributed by atoms with van der Waals surface area (Å²) in [5, 5.41) is 7.14. The highest BCUT2D eigenvalue weighted by Gasteiger charge is 2.33. The molecule has 0 unspecified atom stereocenters. The van der Waals surface area contributed by atoms with Crippen LogP contribution in [0, 0.1) is 0 Å². The quantitative estimate of drug-likeness (QED) is 0.692. The van der Waals surface area contributed by atoms with Crippen LogP contribution in [-0.2, 0) is 17.5 Å². The Balaban J connectivity index is 1.95. The lowest BCUT2D eigenvalue weighted by molar-refractivity contribution is -0.141. The molecule has 9 heteroatoms. The lowest BCUT2D eigenvalue weighted by Gasteiger charge is -2.04. The Morgan fingerprint density at radius 2 is 2.18 bits per heavy atom. The number of nitrogens with zero attached hydrogens (tertiary/aromatic N) is 4. The summed E-state index contributed by atoms with van der Waals surface area (Å²) in [6, 6.07) is 4.29. The number of pyridine rings is 1. The fraction of sp³-hybridized carbons (Fsp3) is 0.231. The van der Waals surface area contributed by atoms with Gasteiger partial charge in [0.25, 0.3) is 5.91 Å². The lowest BCUT2D eigenvalue weighted by atomic mass is 10.2. The second-order valence-corrected chi connectivity index (χ2v) is 4.37. The van der Waals surface area contributed by atoms with Gasteiger partial charge in [-0.15, -0.1) is 0 Å². The van der Waals surface area contributed by atoms with Crippen molar-refractivity contribution in [3.8, 4) is 0 Å². The van der Waals surface area contributed by atoms with Crippen LogP contribution in [0.15, 0.2) is 41.9 Å². The number of nitrogens with one attached hydrogen (secondary N) is 1. The van der Waals surface area contributed by atoms with E-state index in [0.717, 1.165) is 22.5 Å². The molecule has 116 valence electrons. The largest absolute Gasteiger partial charge is 0.435 e. The van der Waals surface area contributed by atoms with Crippen LogP contribution in [0.2, 0.25) is 0 Å². The van der Waals surface area contributed by atoms with Crippen LogP contribution < -0.4 is 5.43 Å². The van der Waals surface area contributed by atoms with Crippen molar-refractivity contribution in [2.45, 2.75) is 19.6 Å². The van der Waals surface area contributed by atoms with E-state index in [9.17, 15) is 18.0 Å². The number of aromatic nitrogens is 3. The molecule has 2 rings (SSSR count). The number of rotatable bonds is 4. The van der Waals surface area contributed by atoms with Gasteiger partial charge in [-0.05, 0) is 19.1 Å². The van der Waals surface area contributed by atoms with Crippen molar-refractivity contribution in [2.75, 3.05) is 0 Å². The number of carbonyl (C=O) groups is 1. The second-order valence-electron chi connectivity index (χ2n) is 4.37. The molecule has 0 aromatic carbocycles. The molecule has 0 saturated heterocycles. The molecule has 0 fully saturated rings. The molecule has 6 nitrogen and oxygen atoms in total. The van der Waals surface area contributed by atoms with Gasteiger partial charge in [0.2, 0.25) is 0 Å². The molecule has 0 aliphatic carbocycles. The van der Waals surface area contributed by atoms with Crippen LogP contribution in [0.1, 0.15) is 18.2 Å². The number of hydrogen-bond acceptors (Lipinski definition) is 4. The monoisotopic (exact) mass is 311 g/mol. The summed E-state index contributed by atoms with van der Waals surface area (Å²) < 4.78 is 38.0. The van der Waals surface area contributed by atoms with Gasteiger partial charge in [0.1, 0.15) is 6.54 Å². The average Bonchev–Trinajstić information content (AvgIpc) is 2.94. The maximum absolute atomic E-state index is 12.4. The molecule has 0 saturated carbocycles. The highest BCUT2D eigenvalue weighted by atomic mass is 19.4. The number of hydrogen-bond donors (Lipinski definition) is 1. The molecule has 0 bridgehead atoms. The summed E-state index contributed by atoms with van der Waals surface area (Å²) in [5.41, 5.74) is 2.46. The number of carbonyl (C=O) groups excluding carboxylic acids is 1. The van der Waals surface area contributed by atoms with Gasteiger partial charge in [-0.1, -0.05) is 6.07 Å². The maximum atomic E-state index is 12.4. The lowest BCUT2D eigenvalue weighted by Crippen LogP contribution is -2.24. The van der Waals surface area contributed by atoms with E-state index in [2.05, 4.69) is 20.6 Å². The van der Waals surface area contributed by atoms with Crippen molar-refractivity contribution in [1.82, 2.24) is 20.2 Å². The van der Waals surface area contributed by atoms with Gasteiger partial charge < -0.3 is 0 Å². The van der Waals surface area contributed by atoms with Gasteiger partial charge >= 0.3 is 6.18 Å². The van der Waals surface area contributed by atoms with Crippen LogP contribution in [0.5, 0.6) is 0 Å². The molecule has 0 spiro atoms. The number of halogens is 3. The van der Waals surface area contributed by atoms with Crippen molar-refractivity contribution in [3.63, 3.8) is 0 Å². The zero-order chi connectivity index (χ0) is 16.2. The van der Waals surface area contributed by atoms with Crippen LogP contribution in [0.25, 0.3) is 0 Å². The first-order valence-corrected chi connectivity index (χ1v) is 6.20. The van der Waals surface area contributed by atoms with Gasteiger partial charge in [0.05, 0.1) is 5.71 Å². The van der Waals surface area contributed by atoms with Gasteiger partial charge in [-0.3, -0.25) is 14.5 Å². The van der Waals surface area contributed by atoms with Crippen LogP contribution in [-0.4, -0.2) is 26.4 Å². The van der Waals surface area contributed by atoms with E-state index >= 15 is 0 Å². The molecule has 22 heavy (non-hydrogen) atoms. The second kappa shape index (κ2) is 6.37. The van der Waals surface area contributed by atoms with Gasteiger partial charge in [0, 0.05) is 24.2 Å². The Morgan fingerprint density at radius 3 is 2.77 bits per heavy atom. The van der Waals surface area contributed by atoms with Crippen LogP contribution >= 0.6 is 0 Å². The molecule has 2 aromatic heterocycles. The SMILES string of the molecule is C/C(=N\NC(=O)Cn1ccc(C(F)(F)F)n1)c1cccnc1. The van der Waals surface area contributed by atoms with E-state index in [1.54, 1.807) is 31.5 Å². The molecular weight excluding hydrogens is 299 g/mol. The van der Waals surface area contributed by atoms with E-state index in [0.29, 0.717) is 5.71 Å². The van der Waals surface area contributed by atoms with Gasteiger partial charge in [-0.2, -0.15) is 23.4 Å². The highest BCUT2D eigenvalue weighted by molar-refractivity contribution is 5.98. The zero-order valence-electron chi connectivity index (χ0n) is 11.5. The summed E-state index contributed by atoms with van der Waals surface area (Å²) in [6.07, 6.45) is -0.268. The molecular formula is C13H12F3N5O. The normalized spacial score (nSPS) is 12.3. The first-order chi connectivity index (χ1) is 10.4. The molecule has 0 aliphatic heterocycles. The fourth-order valence-electron chi connectivity index (χ4n) is 1.57. The van der Waals surface area contributed by atoms with Crippen molar-refractivity contribution in [1.29, 1.82) is 0 Å². The predicted molar refractivity (Wildman–Crippen MR) is 71.8 cm³/mol. The van der Waals surface area contributed by atoms with Crippen LogP contribution in [0.4, 0.5) is 13.2 Å². The number of hydrazone groups is 1. The summed E-state index contributed by atoms with van der Waals surface area (Å²) in [5.74, 6) is -0.583. The third-order valence-electron chi connectivity index (χ3n) is 2.66. The maximum Gasteiger partial charge on any atom is 0.435 e. The van der Waals surface area contributed by atoms with Crippen molar-refractivity contribution in [3.05, 3.63) is 48.0 Å². The summed E-state index contributed by atoms with van der Waals surface area (Å²) in [4.78, 5) is 15.5. The standard InChI is InChI=1S/C13H12F3N5O/c1-9(10-3-2-5-17-7-10)18-19-12(22)8-21-6-4-11(20-21)13(14,15)16/h2-7H,8H2,1H3,(H,19,22)/b18-9+. The van der Waals surface area contributed by atoms with E-state index in [1.807, 2.05) is 0 Å². The van der Waals surface area contributed by atoms with Crippen molar-refractivity contribution in [2.24, 2.45) is 5.10 Å². The first-order valence-electron chi connectivity index (χ1n) is 6.20. The van der Waals surface area contributed by atoms with E-state index in [-0.39, 0.29) is 6.54 Å². The molecule has 0 aliphatic rings. The molecule has 2 aromatic rings. The third-order valence-corrected chi connectivity index (χ3v) is 2.66. The van der Waals surface area contributed by atoms with Gasteiger partial charge in [-0.25, -0.2) is 5.43 Å². The van der Waals surface area contributed by atoms with Gasteiger partial charge in [0.15, 0.2) is 5.69 Å². The Morgan fingerprint density at radius 1 is 1.41 bits per heavy atom. The van der Waals surface area contributed by atoms with Crippen LogP contribution in [0.3, 0.4) is 0 Å². The first kappa shape index (κ1) is 15.7. The fourth-order valence-corrected chi connectivity index (χ4v) is 1.57. The topological polar surface area (TPSA) is 72.2 Å². The average molecular weight is 311 g/mol. The molecule has 0 radical (unpaired) electrons. The van der Waals surface area contributed by atoms with Crippen molar-refractivity contribution < 1.29 is 18.0 Å². The van der Waals surface area contributed by atoms with Crippen molar-refractivity contribution >= 4 is 11.6 Å². The predicted octanol–water partition coefficient (Wildman–Crippen LogP) is 1.84. The minimum atomic E-state index is -4.53. The number of alkyl halides is 3. The molecule has 1 N–H and O–H groups in total. The zero-order valence-corrected chi connectivity index (χ0v) is 11.5. The number of amides is 1. The minimum Gasteiger partial charge on any atom is -0.271 e. The van der Waals surface area contributed by atoms with E-state index in [1.165, 1.54) is 0 Å².